The highest BCUT2D eigenvalue weighted by atomic mass is 19.4. The van der Waals surface area contributed by atoms with Crippen LogP contribution in [0.2, 0.25) is 0 Å². The first kappa shape index (κ1) is 13.3. The number of pyridine rings is 1. The molecule has 0 aliphatic carbocycles. The lowest BCUT2D eigenvalue weighted by Crippen LogP contribution is -2.07. The number of ether oxygens (including phenoxy) is 1. The van der Waals surface area contributed by atoms with E-state index in [1.165, 1.54) is 6.07 Å². The quantitative estimate of drug-likeness (QED) is 0.751. The maximum Gasteiger partial charge on any atom is 0.433 e. The third kappa shape index (κ3) is 2.62. The molecule has 1 aromatic carbocycles. The Bertz CT molecular complexity index is 778. The summed E-state index contributed by atoms with van der Waals surface area (Å²) >= 11 is 0. The van der Waals surface area contributed by atoms with Crippen molar-refractivity contribution in [1.82, 2.24) is 9.97 Å². The topological polar surface area (TPSA) is 63.9 Å². The van der Waals surface area contributed by atoms with Gasteiger partial charge in [-0.2, -0.15) is 13.2 Å². The number of nitrogens with two attached hydrogens (primary N) is 1. The molecule has 0 radical (unpaired) electrons. The Morgan fingerprint density at radius 3 is 2.52 bits per heavy atom. The van der Waals surface area contributed by atoms with E-state index in [0.717, 1.165) is 23.2 Å². The zero-order valence-corrected chi connectivity index (χ0v) is 10.6. The zero-order chi connectivity index (χ0) is 15.0. The Balaban J connectivity index is 1.86. The van der Waals surface area contributed by atoms with Crippen LogP contribution in [0.25, 0.3) is 10.9 Å². The molecule has 0 bridgehead atoms. The highest BCUT2D eigenvalue weighted by Gasteiger charge is 2.32. The number of aromatic nitrogens is 2. The van der Waals surface area contributed by atoms with Gasteiger partial charge in [0.25, 0.3) is 0 Å². The van der Waals surface area contributed by atoms with Gasteiger partial charge < -0.3 is 15.5 Å². The maximum absolute atomic E-state index is 12.4. The summed E-state index contributed by atoms with van der Waals surface area (Å²) < 4.78 is 42.7. The van der Waals surface area contributed by atoms with Crippen LogP contribution in [0.5, 0.6) is 11.5 Å². The average molecular weight is 293 g/mol. The highest BCUT2D eigenvalue weighted by molar-refractivity contribution is 5.92. The number of nitrogens with zero attached hydrogens (tertiary/aromatic N) is 1. The molecule has 0 saturated heterocycles. The van der Waals surface area contributed by atoms with Gasteiger partial charge in [0.2, 0.25) is 0 Å². The molecule has 3 N–H and O–H groups in total. The van der Waals surface area contributed by atoms with Gasteiger partial charge in [-0.1, -0.05) is 0 Å². The molecule has 108 valence electrons. The number of aromatic amines is 1. The predicted octanol–water partition coefficient (Wildman–Crippen LogP) is 3.96. The van der Waals surface area contributed by atoms with Gasteiger partial charge in [0.15, 0.2) is 0 Å². The van der Waals surface area contributed by atoms with Gasteiger partial charge in [-0.15, -0.1) is 0 Å². The second kappa shape index (κ2) is 4.69. The van der Waals surface area contributed by atoms with E-state index in [-0.39, 0.29) is 5.75 Å². The van der Waals surface area contributed by atoms with Crippen LogP contribution in [-0.2, 0) is 6.18 Å². The summed E-state index contributed by atoms with van der Waals surface area (Å²) in [5.74, 6) is 0.687. The molecule has 0 aliphatic rings. The van der Waals surface area contributed by atoms with Gasteiger partial charge in [0, 0.05) is 17.1 Å². The molecule has 0 saturated carbocycles. The monoisotopic (exact) mass is 293 g/mol. The molecule has 0 fully saturated rings. The van der Waals surface area contributed by atoms with Crippen LogP contribution in [0.1, 0.15) is 5.69 Å². The summed E-state index contributed by atoms with van der Waals surface area (Å²) in [6, 6.07) is 7.27. The lowest BCUT2D eigenvalue weighted by molar-refractivity contribution is -0.141. The molecule has 0 aliphatic heterocycles. The van der Waals surface area contributed by atoms with E-state index < -0.39 is 11.9 Å². The Hall–Kier alpha value is -2.70. The fourth-order valence-corrected chi connectivity index (χ4v) is 1.93. The molecule has 2 aromatic heterocycles. The summed E-state index contributed by atoms with van der Waals surface area (Å²) in [7, 11) is 0. The van der Waals surface area contributed by atoms with E-state index in [9.17, 15) is 13.2 Å². The average Bonchev–Trinajstić information content (AvgIpc) is 2.80. The van der Waals surface area contributed by atoms with E-state index in [4.69, 9.17) is 10.5 Å². The summed E-state index contributed by atoms with van der Waals surface area (Å²) in [5.41, 5.74) is 6.25. The minimum absolute atomic E-state index is 0.219. The highest BCUT2D eigenvalue weighted by Crippen LogP contribution is 2.31. The van der Waals surface area contributed by atoms with Crippen LogP contribution in [0.3, 0.4) is 0 Å². The SMILES string of the molecule is Nc1c[nH]c2ccc(Oc3ccc(C(F)(F)F)nc3)cc12. The molecule has 0 amide bonds. The first-order valence-electron chi connectivity index (χ1n) is 6.01. The van der Waals surface area contributed by atoms with Crippen molar-refractivity contribution in [2.24, 2.45) is 0 Å². The number of hydrogen-bond donors (Lipinski definition) is 2. The van der Waals surface area contributed by atoms with Crippen molar-refractivity contribution in [2.45, 2.75) is 6.18 Å². The molecule has 7 heteroatoms. The number of rotatable bonds is 2. The summed E-state index contributed by atoms with van der Waals surface area (Å²) in [4.78, 5) is 6.32. The summed E-state index contributed by atoms with van der Waals surface area (Å²) in [6.45, 7) is 0. The molecular weight excluding hydrogens is 283 g/mol. The maximum atomic E-state index is 12.4. The minimum atomic E-state index is -4.46. The summed E-state index contributed by atoms with van der Waals surface area (Å²) in [5, 5.41) is 0.785. The van der Waals surface area contributed by atoms with Crippen molar-refractivity contribution in [1.29, 1.82) is 0 Å². The van der Waals surface area contributed by atoms with Crippen LogP contribution >= 0.6 is 0 Å². The Morgan fingerprint density at radius 1 is 1.10 bits per heavy atom. The number of alkyl halides is 3. The molecule has 4 nitrogen and oxygen atoms in total. The van der Waals surface area contributed by atoms with Gasteiger partial charge in [-0.25, -0.2) is 4.98 Å². The number of H-pyrrole nitrogens is 1. The standard InChI is InChI=1S/C14H10F3N3O/c15-14(16,17)13-4-2-9(6-20-13)21-8-1-3-12-10(5-8)11(18)7-19-12/h1-7,19H,18H2. The van der Waals surface area contributed by atoms with Crippen molar-refractivity contribution in [3.8, 4) is 11.5 Å². The second-order valence-corrected chi connectivity index (χ2v) is 4.43. The predicted molar refractivity (Wildman–Crippen MR) is 72.0 cm³/mol. The van der Waals surface area contributed by atoms with Crippen molar-refractivity contribution in [3.63, 3.8) is 0 Å². The molecule has 2 heterocycles. The van der Waals surface area contributed by atoms with Gasteiger partial charge >= 0.3 is 6.18 Å². The normalized spacial score (nSPS) is 11.8. The van der Waals surface area contributed by atoms with Crippen LogP contribution in [0.15, 0.2) is 42.7 Å². The largest absolute Gasteiger partial charge is 0.456 e. The molecule has 0 unspecified atom stereocenters. The number of nitrogen functional groups attached to an aromatic ring is 1. The Kier molecular flexibility index (Phi) is 2.97. The molecule has 3 aromatic rings. The minimum Gasteiger partial charge on any atom is -0.456 e. The molecule has 0 atom stereocenters. The van der Waals surface area contributed by atoms with Crippen molar-refractivity contribution >= 4 is 16.6 Å². The van der Waals surface area contributed by atoms with E-state index in [1.54, 1.807) is 24.4 Å². The first-order chi connectivity index (χ1) is 9.93. The van der Waals surface area contributed by atoms with E-state index in [2.05, 4.69) is 9.97 Å². The van der Waals surface area contributed by atoms with Gasteiger partial charge in [-0.05, 0) is 30.3 Å². The number of nitrogens with one attached hydrogen (secondary N) is 1. The lowest BCUT2D eigenvalue weighted by atomic mass is 10.2. The third-order valence-corrected chi connectivity index (χ3v) is 2.95. The van der Waals surface area contributed by atoms with Crippen LogP contribution in [0.4, 0.5) is 18.9 Å². The molecule has 21 heavy (non-hydrogen) atoms. The second-order valence-electron chi connectivity index (χ2n) is 4.43. The number of hydrogen-bond acceptors (Lipinski definition) is 3. The van der Waals surface area contributed by atoms with Gasteiger partial charge in [-0.3, -0.25) is 0 Å². The summed E-state index contributed by atoms with van der Waals surface area (Å²) in [6.07, 6.45) is -1.77. The number of benzene rings is 1. The smallest absolute Gasteiger partial charge is 0.433 e. The number of fused-ring (bicyclic) bond motifs is 1. The zero-order valence-electron chi connectivity index (χ0n) is 10.6. The van der Waals surface area contributed by atoms with E-state index in [0.29, 0.717) is 11.4 Å². The fourth-order valence-electron chi connectivity index (χ4n) is 1.93. The van der Waals surface area contributed by atoms with Crippen molar-refractivity contribution < 1.29 is 17.9 Å². The first-order valence-corrected chi connectivity index (χ1v) is 6.01. The molecule has 0 spiro atoms. The van der Waals surface area contributed by atoms with E-state index >= 15 is 0 Å². The molecule has 3 rings (SSSR count). The Morgan fingerprint density at radius 2 is 1.86 bits per heavy atom. The Labute approximate surface area is 117 Å². The number of halogens is 3. The van der Waals surface area contributed by atoms with Crippen LogP contribution in [0, 0.1) is 0 Å². The fraction of sp³-hybridized carbons (Fsp3) is 0.0714. The van der Waals surface area contributed by atoms with Crippen LogP contribution in [-0.4, -0.2) is 9.97 Å². The van der Waals surface area contributed by atoms with Gasteiger partial charge in [0.1, 0.15) is 17.2 Å². The van der Waals surface area contributed by atoms with Crippen molar-refractivity contribution in [2.75, 3.05) is 5.73 Å². The molecular formula is C14H10F3N3O. The van der Waals surface area contributed by atoms with Crippen molar-refractivity contribution in [3.05, 3.63) is 48.4 Å². The van der Waals surface area contributed by atoms with Gasteiger partial charge in [0.05, 0.1) is 11.9 Å². The number of anilines is 1. The van der Waals surface area contributed by atoms with Crippen LogP contribution < -0.4 is 10.5 Å². The third-order valence-electron chi connectivity index (χ3n) is 2.95. The lowest BCUT2D eigenvalue weighted by Gasteiger charge is -2.08. The van der Waals surface area contributed by atoms with E-state index in [1.807, 2.05) is 0 Å².